The van der Waals surface area contributed by atoms with Gasteiger partial charge in [0.25, 0.3) is 0 Å². The van der Waals surface area contributed by atoms with Gasteiger partial charge in [0.05, 0.1) is 0 Å². The normalized spacial score (nSPS) is 9.06. The molecule has 0 aromatic heterocycles. The van der Waals surface area contributed by atoms with Crippen LogP contribution in [0.4, 0.5) is 0 Å². The number of hydrogen-bond acceptors (Lipinski definition) is 2. The van der Waals surface area contributed by atoms with Crippen molar-refractivity contribution < 1.29 is 81.0 Å². The molecule has 0 aliphatic rings. The Hall–Kier alpha value is 0.521. The van der Waals surface area contributed by atoms with Crippen LogP contribution >= 0.6 is 0 Å². The third-order valence-corrected chi connectivity index (χ3v) is 2.47. The number of hydrogen-bond donors (Lipinski definition) is 0. The van der Waals surface area contributed by atoms with Gasteiger partial charge in [-0.05, 0) is 0 Å². The molecule has 0 aromatic carbocycles. The van der Waals surface area contributed by atoms with Crippen molar-refractivity contribution in [3.63, 3.8) is 0 Å². The fourth-order valence-electron chi connectivity index (χ4n) is 0.378. The largest absolute Gasteiger partial charge is 0 e. The minimum atomic E-state index is 0. The van der Waals surface area contributed by atoms with Crippen molar-refractivity contribution in [2.45, 2.75) is 0 Å². The van der Waals surface area contributed by atoms with E-state index < -0.39 is 0 Å². The third-order valence-electron chi connectivity index (χ3n) is 0.993. The fraction of sp³-hybridized carbons (Fsp3) is 0. The summed E-state index contributed by atoms with van der Waals surface area (Å²) >= 11 is 2.55. The first-order valence-corrected chi connectivity index (χ1v) is 7.25. The van der Waals surface area contributed by atoms with Crippen LogP contribution in [-0.4, -0.2) is 21.4 Å². The first-order valence-electron chi connectivity index (χ1n) is 3.87. The summed E-state index contributed by atoms with van der Waals surface area (Å²) in [6.07, 6.45) is 9.33. The van der Waals surface area contributed by atoms with Crippen LogP contribution in [0.1, 0.15) is 0 Å². The summed E-state index contributed by atoms with van der Waals surface area (Å²) < 4.78 is 3.58. The van der Waals surface area contributed by atoms with Gasteiger partial charge in [-0.2, -0.15) is 0 Å². The molecule has 0 aliphatic carbocycles. The van der Waals surface area contributed by atoms with E-state index in [9.17, 15) is 9.59 Å². The molecule has 0 amide bonds. The van der Waals surface area contributed by atoms with Gasteiger partial charge < -0.3 is 0 Å². The molecule has 0 heterocycles. The molecule has 0 aliphatic heterocycles. The molecule has 17 heavy (non-hydrogen) atoms. The summed E-state index contributed by atoms with van der Waals surface area (Å²) in [6, 6.07) is 0. The smallest absolute Gasteiger partial charge is 0 e. The Labute approximate surface area is 149 Å². The number of allylic oxidation sites excluding steroid dienone is 6. The Morgan fingerprint density at radius 3 is 2.00 bits per heavy atom. The van der Waals surface area contributed by atoms with Crippen molar-refractivity contribution in [2.75, 3.05) is 0 Å². The fourth-order valence-corrected chi connectivity index (χ4v) is 1.12. The molecule has 0 fully saturated rings. The molecule has 0 spiro atoms. The molecule has 0 atom stereocenters. The molecule has 87 valence electrons. The number of carbonyl (C=O) groups excluding carboxylic acids is 2. The van der Waals surface area contributed by atoms with Crippen molar-refractivity contribution >= 4 is 21.4 Å². The van der Waals surface area contributed by atoms with Crippen LogP contribution in [0.15, 0.2) is 35.5 Å². The van der Waals surface area contributed by atoms with E-state index in [1.807, 2.05) is 4.40 Å². The summed E-state index contributed by atoms with van der Waals surface area (Å²) in [6.45, 7) is 10.0. The van der Waals surface area contributed by atoms with Gasteiger partial charge in [-0.1, -0.05) is 0 Å². The van der Waals surface area contributed by atoms with Crippen LogP contribution in [0.2, 0.25) is 0 Å². The zero-order valence-electron chi connectivity index (χ0n) is 8.83. The van der Waals surface area contributed by atoms with Crippen LogP contribution in [0.3, 0.4) is 0 Å². The average Bonchev–Trinajstić information content (AvgIpc) is 2.33. The second-order valence-electron chi connectivity index (χ2n) is 2.09. The van der Waals surface area contributed by atoms with E-state index in [1.165, 1.54) is 56.9 Å². The van der Waals surface area contributed by atoms with Crippen molar-refractivity contribution in [2.24, 2.45) is 0 Å². The van der Waals surface area contributed by atoms with Crippen molar-refractivity contribution in [3.8, 4) is 0 Å². The Morgan fingerprint density at radius 1 is 1.18 bits per heavy atom. The molecule has 2 nitrogen and oxygen atoms in total. The van der Waals surface area contributed by atoms with Gasteiger partial charge in [0.1, 0.15) is 0 Å². The van der Waals surface area contributed by atoms with Crippen molar-refractivity contribution in [3.05, 3.63) is 48.6 Å². The maximum absolute atomic E-state index is 9.84. The molecule has 0 bridgehead atoms. The molecule has 5 heteroatoms. The summed E-state index contributed by atoms with van der Waals surface area (Å²) in [5, 5.41) is 0. The van der Waals surface area contributed by atoms with Crippen LogP contribution in [0, 0.1) is 13.2 Å². The monoisotopic (exact) mass is 641 g/mol. The van der Waals surface area contributed by atoms with Crippen molar-refractivity contribution in [1.82, 2.24) is 0 Å². The molecular weight excluding hydrogens is 633 g/mol. The minimum absolute atomic E-state index is 0. The predicted molar refractivity (Wildman–Crippen MR) is 57.4 cm³/mol. The van der Waals surface area contributed by atoms with Gasteiger partial charge in [0.2, 0.25) is 0 Å². The minimum Gasteiger partial charge on any atom is 0 e. The molecular formula is C12H8O2W2Y-4. The molecule has 0 rings (SSSR count). The summed E-state index contributed by atoms with van der Waals surface area (Å²) in [5.74, 6) is 0. The summed E-state index contributed by atoms with van der Waals surface area (Å²) in [4.78, 5) is 19.5. The third kappa shape index (κ3) is 19.1. The maximum atomic E-state index is 9.84. The van der Waals surface area contributed by atoms with Crippen LogP contribution < -0.4 is 0 Å². The van der Waals surface area contributed by atoms with E-state index in [0.717, 1.165) is 0 Å². The Bertz CT molecular complexity index is 334. The Morgan fingerprint density at radius 2 is 1.76 bits per heavy atom. The topological polar surface area (TPSA) is 34.1 Å². The first-order chi connectivity index (χ1) is 7.65. The molecule has 0 saturated heterocycles. The second kappa shape index (κ2) is 18.9. The van der Waals surface area contributed by atoms with E-state index in [2.05, 4.69) is 0 Å². The van der Waals surface area contributed by atoms with E-state index >= 15 is 0 Å². The van der Waals surface area contributed by atoms with Crippen LogP contribution in [0.25, 0.3) is 0 Å². The van der Waals surface area contributed by atoms with Crippen molar-refractivity contribution in [1.29, 1.82) is 0 Å². The molecule has 0 unspecified atom stereocenters. The van der Waals surface area contributed by atoms with E-state index in [1.54, 1.807) is 23.0 Å². The van der Waals surface area contributed by atoms with Gasteiger partial charge in [0, 0.05) is 32.7 Å². The van der Waals surface area contributed by atoms with Gasteiger partial charge in [-0.15, -0.1) is 0 Å². The second-order valence-corrected chi connectivity index (χ2v) is 3.91. The van der Waals surface area contributed by atoms with Crippen LogP contribution in [-0.2, 0) is 81.0 Å². The summed E-state index contributed by atoms with van der Waals surface area (Å²) in [7, 11) is 0. The predicted octanol–water partition coefficient (Wildman–Crippen LogP) is 0.719. The molecule has 0 aromatic rings. The SMILES string of the molecule is [CH-]=C([C-]=O)/C=C\[CH]=[W].[CH-]=C/C=C(/[C-]=O)[CH]=[W].[Y]. The van der Waals surface area contributed by atoms with E-state index in [0.29, 0.717) is 5.57 Å². The molecule has 0 saturated carbocycles. The first kappa shape index (κ1) is 22.7. The maximum Gasteiger partial charge on any atom is 0 e. The zero-order chi connectivity index (χ0) is 12.8. The Kier molecular flexibility index (Phi) is 25.2. The van der Waals surface area contributed by atoms with E-state index in [4.69, 9.17) is 13.2 Å². The quantitative estimate of drug-likeness (QED) is 0.244. The Balaban J connectivity index is -0.000000218. The average molecular weight is 641 g/mol. The summed E-state index contributed by atoms with van der Waals surface area (Å²) in [5.41, 5.74) is 0.657. The van der Waals surface area contributed by atoms with E-state index in [-0.39, 0.29) is 38.3 Å². The molecule has 0 N–H and O–H groups in total. The van der Waals surface area contributed by atoms with Gasteiger partial charge >= 0.3 is 118 Å². The molecule has 1 radical (unpaired) electrons. The van der Waals surface area contributed by atoms with Crippen LogP contribution in [0.5, 0.6) is 0 Å². The zero-order valence-corrected chi connectivity index (χ0v) is 17.5. The standard InChI is InChI=1S/2C6H4O.2W.Y/c2*1-3-4-6(2)5-7;;;/h2*1-4H;;;/q2*-2;;;/b6-4+;4-3-;;;. The van der Waals surface area contributed by atoms with Gasteiger partial charge in [-0.25, -0.2) is 0 Å². The van der Waals surface area contributed by atoms with Gasteiger partial charge in [0.15, 0.2) is 0 Å². The number of rotatable bonds is 6. The van der Waals surface area contributed by atoms with Gasteiger partial charge in [-0.3, -0.25) is 0 Å².